The van der Waals surface area contributed by atoms with Crippen LogP contribution in [0.15, 0.2) is 47.8 Å². The van der Waals surface area contributed by atoms with Gasteiger partial charge in [-0.1, -0.05) is 36.4 Å². The van der Waals surface area contributed by atoms with Gasteiger partial charge in [-0.05, 0) is 36.1 Å². The zero-order chi connectivity index (χ0) is 13.5. The minimum Gasteiger partial charge on any atom is -0.496 e. The number of allylic oxidation sites excluding steroid dienone is 6. The molecule has 2 unspecified atom stereocenters. The largest absolute Gasteiger partial charge is 0.496 e. The van der Waals surface area contributed by atoms with Crippen molar-refractivity contribution < 1.29 is 4.74 Å². The molecule has 0 saturated heterocycles. The Hall–Kier alpha value is -0.900. The maximum absolute atomic E-state index is 5.43. The maximum Gasteiger partial charge on any atom is 0.127 e. The van der Waals surface area contributed by atoms with E-state index >= 15 is 0 Å². The first-order valence-electron chi connectivity index (χ1n) is 5.82. The first kappa shape index (κ1) is 15.2. The van der Waals surface area contributed by atoms with Crippen molar-refractivity contribution >= 4 is 29.4 Å². The SMILES string of the molecule is C\C=C(P)/C=C\C(=C/C)c1ccc(P)cc1OC. The summed E-state index contributed by atoms with van der Waals surface area (Å²) in [7, 11) is 7.09. The van der Waals surface area contributed by atoms with Gasteiger partial charge in [0.25, 0.3) is 0 Å². The van der Waals surface area contributed by atoms with Gasteiger partial charge in [-0.15, -0.1) is 18.5 Å². The quantitative estimate of drug-likeness (QED) is 0.599. The molecule has 1 nitrogen and oxygen atoms in total. The summed E-state index contributed by atoms with van der Waals surface area (Å²) in [4.78, 5) is 0. The average Bonchev–Trinajstić information content (AvgIpc) is 2.40. The highest BCUT2D eigenvalue weighted by Crippen LogP contribution is 2.27. The summed E-state index contributed by atoms with van der Waals surface area (Å²) in [5.41, 5.74) is 2.26. The van der Waals surface area contributed by atoms with Crippen LogP contribution in [-0.4, -0.2) is 7.11 Å². The van der Waals surface area contributed by atoms with Gasteiger partial charge in [0, 0.05) is 5.56 Å². The van der Waals surface area contributed by atoms with Gasteiger partial charge < -0.3 is 4.74 Å². The van der Waals surface area contributed by atoms with E-state index in [2.05, 4.69) is 54.9 Å². The van der Waals surface area contributed by atoms with Gasteiger partial charge >= 0.3 is 0 Å². The molecule has 0 spiro atoms. The molecule has 1 rings (SSSR count). The lowest BCUT2D eigenvalue weighted by Crippen LogP contribution is -1.96. The van der Waals surface area contributed by atoms with Crippen LogP contribution >= 0.6 is 18.5 Å². The minimum atomic E-state index is 0.894. The smallest absolute Gasteiger partial charge is 0.127 e. The molecule has 0 aliphatic heterocycles. The van der Waals surface area contributed by atoms with Crippen LogP contribution in [0.3, 0.4) is 0 Å². The molecule has 0 aliphatic rings. The summed E-state index contributed by atoms with van der Waals surface area (Å²) < 4.78 is 5.43. The molecule has 18 heavy (non-hydrogen) atoms. The van der Waals surface area contributed by atoms with E-state index in [9.17, 15) is 0 Å². The van der Waals surface area contributed by atoms with E-state index in [1.807, 2.05) is 19.9 Å². The lowest BCUT2D eigenvalue weighted by atomic mass is 10.0. The molecule has 0 fully saturated rings. The Balaban J connectivity index is 3.14. The van der Waals surface area contributed by atoms with Gasteiger partial charge in [-0.25, -0.2) is 0 Å². The molecule has 0 saturated carbocycles. The summed E-state index contributed by atoms with van der Waals surface area (Å²) in [6.45, 7) is 4.05. The third kappa shape index (κ3) is 4.09. The Labute approximate surface area is 114 Å². The second kappa shape index (κ2) is 7.52. The highest BCUT2D eigenvalue weighted by Gasteiger charge is 2.05. The standard InChI is InChI=1S/C15H20OP2/c1-4-11(6-7-12(17)5-2)14-9-8-13(18)10-15(14)16-3/h4-10H,17-18H2,1-3H3/b7-6-,11-4+,12-5+. The first-order valence-corrected chi connectivity index (χ1v) is 6.98. The third-order valence-electron chi connectivity index (χ3n) is 2.64. The summed E-state index contributed by atoms with van der Waals surface area (Å²) in [6, 6.07) is 6.17. The van der Waals surface area contributed by atoms with Crippen LogP contribution in [0.2, 0.25) is 0 Å². The van der Waals surface area contributed by atoms with Gasteiger partial charge in [0.1, 0.15) is 5.75 Å². The van der Waals surface area contributed by atoms with Gasteiger partial charge in [0.05, 0.1) is 7.11 Å². The Morgan fingerprint density at radius 2 is 1.89 bits per heavy atom. The number of hydrogen-bond donors (Lipinski definition) is 0. The zero-order valence-electron chi connectivity index (χ0n) is 11.1. The molecule has 0 heterocycles. The average molecular weight is 278 g/mol. The van der Waals surface area contributed by atoms with E-state index < -0.39 is 0 Å². The monoisotopic (exact) mass is 278 g/mol. The maximum atomic E-state index is 5.43. The van der Waals surface area contributed by atoms with Crippen LogP contribution in [0.4, 0.5) is 0 Å². The fourth-order valence-corrected chi connectivity index (χ4v) is 1.91. The lowest BCUT2D eigenvalue weighted by molar-refractivity contribution is 0.414. The van der Waals surface area contributed by atoms with Crippen LogP contribution in [0, 0.1) is 0 Å². The number of ether oxygens (including phenoxy) is 1. The molecule has 96 valence electrons. The fraction of sp³-hybridized carbons (Fsp3) is 0.200. The zero-order valence-corrected chi connectivity index (χ0v) is 13.4. The van der Waals surface area contributed by atoms with Gasteiger partial charge in [-0.3, -0.25) is 0 Å². The molecule has 0 aromatic heterocycles. The Morgan fingerprint density at radius 1 is 1.17 bits per heavy atom. The molecule has 0 aliphatic carbocycles. The Kier molecular flexibility index (Phi) is 6.33. The normalized spacial score (nSPS) is 13.2. The van der Waals surface area contributed by atoms with Crippen molar-refractivity contribution in [3.8, 4) is 5.75 Å². The van der Waals surface area contributed by atoms with Crippen molar-refractivity contribution in [1.29, 1.82) is 0 Å². The molecular formula is C15H20OP2. The highest BCUT2D eigenvalue weighted by atomic mass is 31.0. The molecule has 3 heteroatoms. The van der Waals surface area contributed by atoms with Crippen molar-refractivity contribution in [2.45, 2.75) is 13.8 Å². The van der Waals surface area contributed by atoms with Crippen molar-refractivity contribution in [3.05, 3.63) is 53.4 Å². The van der Waals surface area contributed by atoms with E-state index in [1.165, 1.54) is 0 Å². The van der Waals surface area contributed by atoms with E-state index in [4.69, 9.17) is 4.74 Å². The van der Waals surface area contributed by atoms with Gasteiger partial charge in [0.2, 0.25) is 0 Å². The van der Waals surface area contributed by atoms with Crippen molar-refractivity contribution in [3.63, 3.8) is 0 Å². The van der Waals surface area contributed by atoms with Crippen molar-refractivity contribution in [2.75, 3.05) is 7.11 Å². The third-order valence-corrected chi connectivity index (χ3v) is 3.52. The van der Waals surface area contributed by atoms with E-state index in [0.717, 1.165) is 27.5 Å². The Morgan fingerprint density at radius 3 is 2.44 bits per heavy atom. The van der Waals surface area contributed by atoms with E-state index in [0.29, 0.717) is 0 Å². The van der Waals surface area contributed by atoms with E-state index in [1.54, 1.807) is 7.11 Å². The molecule has 0 radical (unpaired) electrons. The summed E-state index contributed by atoms with van der Waals surface area (Å²) >= 11 is 0. The minimum absolute atomic E-state index is 0.894. The molecule has 2 atom stereocenters. The lowest BCUT2D eigenvalue weighted by Gasteiger charge is -2.10. The number of rotatable bonds is 4. The molecule has 0 N–H and O–H groups in total. The van der Waals surface area contributed by atoms with Gasteiger partial charge in [-0.2, -0.15) is 0 Å². The molecular weight excluding hydrogens is 258 g/mol. The highest BCUT2D eigenvalue weighted by molar-refractivity contribution is 7.27. The predicted octanol–water partition coefficient (Wildman–Crippen LogP) is 3.93. The molecule has 1 aromatic rings. The van der Waals surface area contributed by atoms with Crippen LogP contribution in [-0.2, 0) is 0 Å². The fourth-order valence-electron chi connectivity index (χ4n) is 1.57. The summed E-state index contributed by atoms with van der Waals surface area (Å²) in [6.07, 6.45) is 8.32. The van der Waals surface area contributed by atoms with Crippen LogP contribution in [0.1, 0.15) is 19.4 Å². The second-order valence-electron chi connectivity index (χ2n) is 3.83. The van der Waals surface area contributed by atoms with Crippen LogP contribution < -0.4 is 10.0 Å². The summed E-state index contributed by atoms with van der Waals surface area (Å²) in [5.74, 6) is 0.894. The first-order chi connectivity index (χ1) is 8.62. The van der Waals surface area contributed by atoms with Gasteiger partial charge in [0.15, 0.2) is 0 Å². The molecule has 1 aromatic carbocycles. The molecule has 0 bridgehead atoms. The van der Waals surface area contributed by atoms with Crippen LogP contribution in [0.5, 0.6) is 5.75 Å². The van der Waals surface area contributed by atoms with Crippen molar-refractivity contribution in [2.24, 2.45) is 0 Å². The number of methoxy groups -OCH3 is 1. The molecule has 0 amide bonds. The second-order valence-corrected chi connectivity index (χ2v) is 5.16. The van der Waals surface area contributed by atoms with E-state index in [-0.39, 0.29) is 0 Å². The predicted molar refractivity (Wildman–Crippen MR) is 88.6 cm³/mol. The summed E-state index contributed by atoms with van der Waals surface area (Å²) in [5, 5.41) is 2.28. The Bertz CT molecular complexity index is 499. The van der Waals surface area contributed by atoms with Crippen molar-refractivity contribution in [1.82, 2.24) is 0 Å². The number of hydrogen-bond acceptors (Lipinski definition) is 1. The topological polar surface area (TPSA) is 9.23 Å². The van der Waals surface area contributed by atoms with Crippen LogP contribution in [0.25, 0.3) is 5.57 Å². The number of benzene rings is 1.